The maximum atomic E-state index is 3.73. The molecule has 0 aromatic carbocycles. The molecular weight excluding hydrogens is 120 g/mol. The van der Waals surface area contributed by atoms with Crippen molar-refractivity contribution in [2.45, 2.75) is 26.2 Å². The lowest BCUT2D eigenvalue weighted by molar-refractivity contribution is 0.424. The van der Waals surface area contributed by atoms with Gasteiger partial charge in [0.25, 0.3) is 0 Å². The molecule has 2 unspecified atom stereocenters. The Morgan fingerprint density at radius 3 is 3.00 bits per heavy atom. The zero-order valence-electron chi connectivity index (χ0n) is 6.72. The Hall–Kier alpha value is -0.520. The molecule has 1 aliphatic carbocycles. The number of rotatable bonds is 3. The fourth-order valence-electron chi connectivity index (χ4n) is 1.55. The minimum atomic E-state index is 0.806. The standard InChI is InChI=1S/C10H16/c1-3-4-7-10-8-5-6-9(10)2/h3,5-6,9-10H,1,4,7-8H2,2H3. The summed E-state index contributed by atoms with van der Waals surface area (Å²) >= 11 is 0. The van der Waals surface area contributed by atoms with Crippen LogP contribution in [-0.2, 0) is 0 Å². The van der Waals surface area contributed by atoms with Crippen LogP contribution in [-0.4, -0.2) is 0 Å². The van der Waals surface area contributed by atoms with Crippen LogP contribution in [0.5, 0.6) is 0 Å². The second-order valence-corrected chi connectivity index (χ2v) is 3.15. The summed E-state index contributed by atoms with van der Waals surface area (Å²) in [5.41, 5.74) is 0. The normalized spacial score (nSPS) is 30.9. The molecule has 0 aromatic rings. The van der Waals surface area contributed by atoms with Crippen LogP contribution in [0, 0.1) is 11.8 Å². The lowest BCUT2D eigenvalue weighted by Crippen LogP contribution is -2.02. The van der Waals surface area contributed by atoms with Gasteiger partial charge in [-0.15, -0.1) is 6.58 Å². The van der Waals surface area contributed by atoms with Gasteiger partial charge in [-0.2, -0.15) is 0 Å². The van der Waals surface area contributed by atoms with Crippen LogP contribution in [0.2, 0.25) is 0 Å². The van der Waals surface area contributed by atoms with E-state index >= 15 is 0 Å². The highest BCUT2D eigenvalue weighted by atomic mass is 14.2. The van der Waals surface area contributed by atoms with Gasteiger partial charge in [0.1, 0.15) is 0 Å². The minimum absolute atomic E-state index is 0.806. The van der Waals surface area contributed by atoms with Gasteiger partial charge in [0.2, 0.25) is 0 Å². The van der Waals surface area contributed by atoms with Crippen molar-refractivity contribution >= 4 is 0 Å². The summed E-state index contributed by atoms with van der Waals surface area (Å²) in [4.78, 5) is 0. The average Bonchev–Trinajstić information content (AvgIpc) is 2.31. The van der Waals surface area contributed by atoms with Crippen LogP contribution < -0.4 is 0 Å². The van der Waals surface area contributed by atoms with Crippen molar-refractivity contribution in [3.63, 3.8) is 0 Å². The van der Waals surface area contributed by atoms with E-state index in [1.165, 1.54) is 19.3 Å². The van der Waals surface area contributed by atoms with Crippen molar-refractivity contribution < 1.29 is 0 Å². The van der Waals surface area contributed by atoms with Crippen LogP contribution in [0.3, 0.4) is 0 Å². The van der Waals surface area contributed by atoms with Gasteiger partial charge in [-0.25, -0.2) is 0 Å². The fraction of sp³-hybridized carbons (Fsp3) is 0.600. The van der Waals surface area contributed by atoms with Crippen molar-refractivity contribution in [2.24, 2.45) is 11.8 Å². The van der Waals surface area contributed by atoms with E-state index in [0.717, 1.165) is 11.8 Å². The second-order valence-electron chi connectivity index (χ2n) is 3.15. The predicted molar refractivity (Wildman–Crippen MR) is 45.8 cm³/mol. The van der Waals surface area contributed by atoms with E-state index in [0.29, 0.717) is 0 Å². The second kappa shape index (κ2) is 3.60. The van der Waals surface area contributed by atoms with Gasteiger partial charge < -0.3 is 0 Å². The van der Waals surface area contributed by atoms with E-state index in [1.54, 1.807) is 0 Å². The molecule has 0 nitrogen and oxygen atoms in total. The molecule has 10 heavy (non-hydrogen) atoms. The zero-order valence-corrected chi connectivity index (χ0v) is 6.72. The third-order valence-electron chi connectivity index (χ3n) is 2.36. The summed E-state index contributed by atoms with van der Waals surface area (Å²) in [7, 11) is 0. The van der Waals surface area contributed by atoms with E-state index in [1.807, 2.05) is 6.08 Å². The first-order valence-electron chi connectivity index (χ1n) is 4.12. The van der Waals surface area contributed by atoms with Gasteiger partial charge in [0, 0.05) is 0 Å². The summed E-state index contributed by atoms with van der Waals surface area (Å²) in [5.74, 6) is 1.71. The third kappa shape index (κ3) is 1.73. The maximum absolute atomic E-state index is 3.73. The summed E-state index contributed by atoms with van der Waals surface area (Å²) < 4.78 is 0. The Balaban J connectivity index is 2.23. The van der Waals surface area contributed by atoms with Gasteiger partial charge in [0.05, 0.1) is 0 Å². The molecule has 0 spiro atoms. The van der Waals surface area contributed by atoms with E-state index < -0.39 is 0 Å². The largest absolute Gasteiger partial charge is 0.103 e. The molecular formula is C10H16. The van der Waals surface area contributed by atoms with Crippen LogP contribution in [0.4, 0.5) is 0 Å². The molecule has 56 valence electrons. The zero-order chi connectivity index (χ0) is 7.40. The summed E-state index contributed by atoms with van der Waals surface area (Å²) in [6.07, 6.45) is 10.4. The van der Waals surface area contributed by atoms with E-state index in [2.05, 4.69) is 25.7 Å². The summed E-state index contributed by atoms with van der Waals surface area (Å²) in [6.45, 7) is 6.03. The van der Waals surface area contributed by atoms with Crippen LogP contribution in [0.15, 0.2) is 24.8 Å². The highest BCUT2D eigenvalue weighted by molar-refractivity contribution is 4.99. The monoisotopic (exact) mass is 136 g/mol. The summed E-state index contributed by atoms with van der Waals surface area (Å²) in [5, 5.41) is 0. The van der Waals surface area contributed by atoms with Crippen LogP contribution in [0.1, 0.15) is 26.2 Å². The van der Waals surface area contributed by atoms with Gasteiger partial charge in [-0.1, -0.05) is 25.2 Å². The van der Waals surface area contributed by atoms with Crippen molar-refractivity contribution in [1.82, 2.24) is 0 Å². The molecule has 0 radical (unpaired) electrons. The molecule has 0 amide bonds. The van der Waals surface area contributed by atoms with E-state index in [9.17, 15) is 0 Å². The quantitative estimate of drug-likeness (QED) is 0.523. The average molecular weight is 136 g/mol. The van der Waals surface area contributed by atoms with Crippen LogP contribution in [0.25, 0.3) is 0 Å². The highest BCUT2D eigenvalue weighted by Crippen LogP contribution is 2.28. The first-order chi connectivity index (χ1) is 4.84. The molecule has 0 saturated heterocycles. The smallest absolute Gasteiger partial charge is 0.0231 e. The van der Waals surface area contributed by atoms with E-state index in [-0.39, 0.29) is 0 Å². The molecule has 0 fully saturated rings. The van der Waals surface area contributed by atoms with Gasteiger partial charge >= 0.3 is 0 Å². The Bertz CT molecular complexity index is 133. The lowest BCUT2D eigenvalue weighted by atomic mass is 9.93. The molecule has 0 heterocycles. The molecule has 0 N–H and O–H groups in total. The topological polar surface area (TPSA) is 0 Å². The molecule has 2 atom stereocenters. The molecule has 0 heteroatoms. The van der Waals surface area contributed by atoms with Crippen molar-refractivity contribution in [2.75, 3.05) is 0 Å². The number of hydrogen-bond acceptors (Lipinski definition) is 0. The number of allylic oxidation sites excluding steroid dienone is 3. The molecule has 0 bridgehead atoms. The molecule has 0 aliphatic heterocycles. The first-order valence-corrected chi connectivity index (χ1v) is 4.12. The Labute approximate surface area is 63.6 Å². The first kappa shape index (κ1) is 7.59. The van der Waals surface area contributed by atoms with Gasteiger partial charge in [-0.3, -0.25) is 0 Å². The van der Waals surface area contributed by atoms with Gasteiger partial charge in [-0.05, 0) is 31.1 Å². The third-order valence-corrected chi connectivity index (χ3v) is 2.36. The predicted octanol–water partition coefficient (Wildman–Crippen LogP) is 3.16. The summed E-state index contributed by atoms with van der Waals surface area (Å²) in [6, 6.07) is 0. The Kier molecular flexibility index (Phi) is 2.73. The molecule has 1 rings (SSSR count). The molecule has 1 aliphatic rings. The SMILES string of the molecule is C=CCCC1CC=CC1C. The molecule has 0 saturated carbocycles. The fourth-order valence-corrected chi connectivity index (χ4v) is 1.55. The highest BCUT2D eigenvalue weighted by Gasteiger charge is 2.16. The Morgan fingerprint density at radius 2 is 2.50 bits per heavy atom. The molecule has 0 aromatic heterocycles. The number of hydrogen-bond donors (Lipinski definition) is 0. The lowest BCUT2D eigenvalue weighted by Gasteiger charge is -2.12. The van der Waals surface area contributed by atoms with Crippen LogP contribution >= 0.6 is 0 Å². The maximum Gasteiger partial charge on any atom is -0.0231 e. The van der Waals surface area contributed by atoms with Crippen molar-refractivity contribution in [3.8, 4) is 0 Å². The van der Waals surface area contributed by atoms with E-state index in [4.69, 9.17) is 0 Å². The van der Waals surface area contributed by atoms with Crippen molar-refractivity contribution in [1.29, 1.82) is 0 Å². The Morgan fingerprint density at radius 1 is 1.70 bits per heavy atom. The minimum Gasteiger partial charge on any atom is -0.103 e. The van der Waals surface area contributed by atoms with Gasteiger partial charge in [0.15, 0.2) is 0 Å². The van der Waals surface area contributed by atoms with Crippen molar-refractivity contribution in [3.05, 3.63) is 24.8 Å².